The van der Waals surface area contributed by atoms with Gasteiger partial charge in [-0.05, 0) is 63.9 Å². The number of thiazole rings is 1. The van der Waals surface area contributed by atoms with E-state index in [2.05, 4.69) is 64.0 Å². The Morgan fingerprint density at radius 1 is 1.07 bits per heavy atom. The van der Waals surface area contributed by atoms with Crippen LogP contribution in [0.5, 0.6) is 0 Å². The van der Waals surface area contributed by atoms with Gasteiger partial charge in [-0.2, -0.15) is 0 Å². The predicted octanol–water partition coefficient (Wildman–Crippen LogP) is 3.63. The molecule has 1 aromatic heterocycles. The molecule has 4 rings (SSSR count). The van der Waals surface area contributed by atoms with Crippen molar-refractivity contribution in [1.82, 2.24) is 14.8 Å². The van der Waals surface area contributed by atoms with Gasteiger partial charge in [0.25, 0.3) is 0 Å². The van der Waals surface area contributed by atoms with E-state index in [1.165, 1.54) is 22.5 Å². The number of hydrogen-bond acceptors (Lipinski definition) is 5. The van der Waals surface area contributed by atoms with Crippen molar-refractivity contribution in [3.8, 4) is 0 Å². The Labute approximate surface area is 178 Å². The lowest BCUT2D eigenvalue weighted by molar-refractivity contribution is -0.137. The Balaban J connectivity index is 1.26. The summed E-state index contributed by atoms with van der Waals surface area (Å²) in [6, 6.07) is 6.51. The fraction of sp³-hybridized carbons (Fsp3) is 0.565. The van der Waals surface area contributed by atoms with Crippen LogP contribution >= 0.6 is 11.3 Å². The topological polar surface area (TPSA) is 39.7 Å². The Bertz CT molecular complexity index is 848. The molecule has 156 valence electrons. The van der Waals surface area contributed by atoms with Crippen LogP contribution < -0.4 is 4.90 Å². The average Bonchev–Trinajstić information content (AvgIpc) is 3.15. The molecule has 2 aliphatic rings. The Hall–Kier alpha value is -1.92. The first-order valence-electron chi connectivity index (χ1n) is 10.7. The van der Waals surface area contributed by atoms with Gasteiger partial charge in [-0.1, -0.05) is 12.1 Å². The van der Waals surface area contributed by atoms with E-state index in [1.54, 1.807) is 11.3 Å². The molecule has 0 aliphatic carbocycles. The molecule has 0 atom stereocenters. The summed E-state index contributed by atoms with van der Waals surface area (Å²) in [5.74, 6) is 0.561. The molecule has 0 saturated carbocycles. The molecule has 2 aromatic rings. The van der Waals surface area contributed by atoms with Crippen molar-refractivity contribution in [2.75, 3.05) is 44.2 Å². The van der Waals surface area contributed by atoms with Gasteiger partial charge in [0, 0.05) is 49.7 Å². The van der Waals surface area contributed by atoms with E-state index in [0.717, 1.165) is 63.7 Å². The summed E-state index contributed by atoms with van der Waals surface area (Å²) in [5, 5.41) is 3.28. The molecule has 6 heteroatoms. The molecule has 29 heavy (non-hydrogen) atoms. The smallest absolute Gasteiger partial charge is 0.225 e. The molecule has 1 aromatic carbocycles. The highest BCUT2D eigenvalue weighted by Gasteiger charge is 2.30. The molecule has 3 heterocycles. The van der Waals surface area contributed by atoms with Crippen molar-refractivity contribution in [3.63, 3.8) is 0 Å². The summed E-state index contributed by atoms with van der Waals surface area (Å²) in [7, 11) is 0. The molecule has 2 aliphatic heterocycles. The first kappa shape index (κ1) is 20.4. The number of rotatable bonds is 4. The number of amides is 1. The van der Waals surface area contributed by atoms with E-state index >= 15 is 0 Å². The molecular weight excluding hydrogens is 380 g/mol. The van der Waals surface area contributed by atoms with Gasteiger partial charge in [0.1, 0.15) is 0 Å². The van der Waals surface area contributed by atoms with Gasteiger partial charge in [-0.15, -0.1) is 11.3 Å². The first-order valence-corrected chi connectivity index (χ1v) is 11.6. The number of nitrogens with zero attached hydrogens (tertiary/aromatic N) is 4. The van der Waals surface area contributed by atoms with Crippen molar-refractivity contribution in [1.29, 1.82) is 0 Å². The second kappa shape index (κ2) is 8.84. The maximum absolute atomic E-state index is 13.1. The lowest BCUT2D eigenvalue weighted by Crippen LogP contribution is -2.51. The van der Waals surface area contributed by atoms with E-state index in [-0.39, 0.29) is 5.92 Å². The van der Waals surface area contributed by atoms with Crippen LogP contribution in [-0.2, 0) is 11.3 Å². The van der Waals surface area contributed by atoms with E-state index in [1.807, 2.05) is 0 Å². The normalized spacial score (nSPS) is 19.0. The van der Waals surface area contributed by atoms with Gasteiger partial charge in [-0.25, -0.2) is 4.98 Å². The average molecular weight is 413 g/mol. The van der Waals surface area contributed by atoms with Crippen LogP contribution in [-0.4, -0.2) is 60.0 Å². The largest absolute Gasteiger partial charge is 0.368 e. The van der Waals surface area contributed by atoms with E-state index in [4.69, 9.17) is 0 Å². The van der Waals surface area contributed by atoms with Crippen LogP contribution in [0.15, 0.2) is 23.6 Å². The zero-order chi connectivity index (χ0) is 20.4. The lowest BCUT2D eigenvalue weighted by Gasteiger charge is -2.39. The van der Waals surface area contributed by atoms with Crippen LogP contribution in [0.4, 0.5) is 5.69 Å². The quantitative estimate of drug-likeness (QED) is 0.769. The SMILES string of the molecule is Cc1nc(CN2CCC(C(=O)N3CCN(c4cccc(C)c4C)CC3)CC2)cs1. The summed E-state index contributed by atoms with van der Waals surface area (Å²) in [4.78, 5) is 24.6. The Kier molecular flexibility index (Phi) is 6.20. The monoisotopic (exact) mass is 412 g/mol. The molecule has 0 radical (unpaired) electrons. The minimum absolute atomic E-state index is 0.190. The Morgan fingerprint density at radius 2 is 1.79 bits per heavy atom. The summed E-state index contributed by atoms with van der Waals surface area (Å²) in [6.45, 7) is 12.9. The van der Waals surface area contributed by atoms with E-state index in [9.17, 15) is 4.79 Å². The van der Waals surface area contributed by atoms with Gasteiger partial charge in [0.2, 0.25) is 5.91 Å². The third kappa shape index (κ3) is 4.64. The highest BCUT2D eigenvalue weighted by molar-refractivity contribution is 7.09. The number of anilines is 1. The molecule has 0 spiro atoms. The lowest BCUT2D eigenvalue weighted by atomic mass is 9.95. The van der Waals surface area contributed by atoms with Crippen molar-refractivity contribution in [2.45, 2.75) is 40.2 Å². The van der Waals surface area contributed by atoms with Crippen LogP contribution in [0, 0.1) is 26.7 Å². The molecular formula is C23H32N4OS. The molecule has 2 saturated heterocycles. The van der Waals surface area contributed by atoms with E-state index in [0.29, 0.717) is 5.91 Å². The Morgan fingerprint density at radius 3 is 2.45 bits per heavy atom. The number of benzene rings is 1. The fourth-order valence-corrected chi connectivity index (χ4v) is 5.16. The zero-order valence-corrected chi connectivity index (χ0v) is 18.7. The van der Waals surface area contributed by atoms with Crippen LogP contribution in [0.3, 0.4) is 0 Å². The van der Waals surface area contributed by atoms with Crippen molar-refractivity contribution in [2.24, 2.45) is 5.92 Å². The van der Waals surface area contributed by atoms with Crippen molar-refractivity contribution < 1.29 is 4.79 Å². The van der Waals surface area contributed by atoms with Crippen LogP contribution in [0.1, 0.15) is 34.7 Å². The van der Waals surface area contributed by atoms with Gasteiger partial charge in [0.05, 0.1) is 10.7 Å². The number of aryl methyl sites for hydroxylation is 2. The standard InChI is InChI=1S/C23H32N4OS/c1-17-5-4-6-22(18(17)2)26-11-13-27(14-12-26)23(28)20-7-9-25(10-8-20)15-21-16-29-19(3)24-21/h4-6,16,20H,7-15H2,1-3H3. The fourth-order valence-electron chi connectivity index (χ4n) is 4.55. The minimum atomic E-state index is 0.190. The zero-order valence-electron chi connectivity index (χ0n) is 17.9. The number of piperazine rings is 1. The number of carbonyl (C=O) groups is 1. The van der Waals surface area contributed by atoms with Crippen molar-refractivity contribution >= 4 is 22.9 Å². The van der Waals surface area contributed by atoms with Gasteiger partial charge in [-0.3, -0.25) is 9.69 Å². The summed E-state index contributed by atoms with van der Waals surface area (Å²) >= 11 is 1.71. The molecule has 0 N–H and O–H groups in total. The highest BCUT2D eigenvalue weighted by atomic mass is 32.1. The van der Waals surface area contributed by atoms with Crippen molar-refractivity contribution in [3.05, 3.63) is 45.4 Å². The second-order valence-electron chi connectivity index (χ2n) is 8.44. The molecule has 0 bridgehead atoms. The summed E-state index contributed by atoms with van der Waals surface area (Å²) < 4.78 is 0. The number of hydrogen-bond donors (Lipinski definition) is 0. The van der Waals surface area contributed by atoms with Crippen LogP contribution in [0.25, 0.3) is 0 Å². The molecule has 1 amide bonds. The summed E-state index contributed by atoms with van der Waals surface area (Å²) in [6.07, 6.45) is 1.94. The van der Waals surface area contributed by atoms with Gasteiger partial charge >= 0.3 is 0 Å². The van der Waals surface area contributed by atoms with Crippen LogP contribution in [0.2, 0.25) is 0 Å². The third-order valence-electron chi connectivity index (χ3n) is 6.50. The number of piperidine rings is 1. The number of carbonyl (C=O) groups excluding carboxylic acids is 1. The maximum atomic E-state index is 13.1. The van der Waals surface area contributed by atoms with Gasteiger partial charge in [0.15, 0.2) is 0 Å². The summed E-state index contributed by atoms with van der Waals surface area (Å²) in [5.41, 5.74) is 5.18. The first-order chi connectivity index (χ1) is 14.0. The molecule has 5 nitrogen and oxygen atoms in total. The second-order valence-corrected chi connectivity index (χ2v) is 9.50. The van der Waals surface area contributed by atoms with E-state index < -0.39 is 0 Å². The molecule has 2 fully saturated rings. The molecule has 0 unspecified atom stereocenters. The maximum Gasteiger partial charge on any atom is 0.225 e. The third-order valence-corrected chi connectivity index (χ3v) is 7.32. The highest BCUT2D eigenvalue weighted by Crippen LogP contribution is 2.26. The number of likely N-dealkylation sites (tertiary alicyclic amines) is 1. The van der Waals surface area contributed by atoms with Gasteiger partial charge < -0.3 is 9.80 Å². The predicted molar refractivity (Wildman–Crippen MR) is 120 cm³/mol. The minimum Gasteiger partial charge on any atom is -0.368 e. The number of aromatic nitrogens is 1.